The van der Waals surface area contributed by atoms with Gasteiger partial charge < -0.3 is 5.32 Å². The minimum atomic E-state index is 0.313. The summed E-state index contributed by atoms with van der Waals surface area (Å²) in [5.41, 5.74) is 1.15. The van der Waals surface area contributed by atoms with E-state index in [0.717, 1.165) is 22.4 Å². The third-order valence-corrected chi connectivity index (χ3v) is 3.20. The van der Waals surface area contributed by atoms with Gasteiger partial charge in [-0.2, -0.15) is 5.10 Å². The largest absolute Gasteiger partial charge is 0.367 e. The Balaban J connectivity index is 2.14. The van der Waals surface area contributed by atoms with E-state index < -0.39 is 0 Å². The highest BCUT2D eigenvalue weighted by atomic mass is 79.9. The number of hydrogen-bond donors (Lipinski definition) is 1. The van der Waals surface area contributed by atoms with Crippen molar-refractivity contribution >= 4 is 27.4 Å². The van der Waals surface area contributed by atoms with Gasteiger partial charge in [0.1, 0.15) is 5.82 Å². The lowest BCUT2D eigenvalue weighted by Gasteiger charge is -2.24. The quantitative estimate of drug-likeness (QED) is 0.939. The molecule has 2 aromatic rings. The molecule has 0 saturated carbocycles. The zero-order valence-electron chi connectivity index (χ0n) is 11.2. The molecule has 0 aliphatic carbocycles. The van der Waals surface area contributed by atoms with Crippen LogP contribution in [-0.4, -0.2) is 20.6 Å². The van der Waals surface area contributed by atoms with Crippen LogP contribution in [0.15, 0.2) is 22.9 Å². The lowest BCUT2D eigenvalue weighted by Crippen LogP contribution is -2.23. The van der Waals surface area contributed by atoms with E-state index in [0.29, 0.717) is 11.5 Å². The second-order valence-electron chi connectivity index (χ2n) is 5.88. The summed E-state index contributed by atoms with van der Waals surface area (Å²) in [5, 5.41) is 7.61. The zero-order valence-corrected chi connectivity index (χ0v) is 12.8. The van der Waals surface area contributed by atoms with Gasteiger partial charge in [-0.25, -0.2) is 9.50 Å². The molecule has 1 unspecified atom stereocenters. The minimum Gasteiger partial charge on any atom is -0.367 e. The van der Waals surface area contributed by atoms with Crippen molar-refractivity contribution < 1.29 is 0 Å². The maximum Gasteiger partial charge on any atom is 0.171 e. The predicted octanol–water partition coefficient (Wildman–Crippen LogP) is 3.73. The van der Waals surface area contributed by atoms with Crippen molar-refractivity contribution in [3.63, 3.8) is 0 Å². The third kappa shape index (κ3) is 3.22. The summed E-state index contributed by atoms with van der Waals surface area (Å²) >= 11 is 3.44. The monoisotopic (exact) mass is 310 g/mol. The Bertz CT molecular complexity index is 541. The highest BCUT2D eigenvalue weighted by Crippen LogP contribution is 2.23. The standard InChI is InChI=1S/C13H19BrN4/c1-9(7-13(2,3)4)16-11-5-6-18-12(17-11)10(14)8-15-18/h5-6,8-9H,7H2,1-4H3,(H,16,17). The van der Waals surface area contributed by atoms with E-state index in [-0.39, 0.29) is 0 Å². The summed E-state index contributed by atoms with van der Waals surface area (Å²) in [4.78, 5) is 4.55. The van der Waals surface area contributed by atoms with Crippen molar-refractivity contribution in [2.24, 2.45) is 5.41 Å². The van der Waals surface area contributed by atoms with Gasteiger partial charge in [0.15, 0.2) is 5.65 Å². The van der Waals surface area contributed by atoms with E-state index in [1.54, 1.807) is 10.7 Å². The second kappa shape index (κ2) is 4.88. The molecule has 18 heavy (non-hydrogen) atoms. The van der Waals surface area contributed by atoms with Gasteiger partial charge in [0, 0.05) is 12.2 Å². The molecule has 5 heteroatoms. The van der Waals surface area contributed by atoms with Crippen LogP contribution in [0, 0.1) is 5.41 Å². The molecule has 2 aromatic heterocycles. The number of hydrogen-bond acceptors (Lipinski definition) is 3. The van der Waals surface area contributed by atoms with Crippen molar-refractivity contribution in [2.45, 2.75) is 40.2 Å². The lowest BCUT2D eigenvalue weighted by atomic mass is 9.89. The second-order valence-corrected chi connectivity index (χ2v) is 6.74. The van der Waals surface area contributed by atoms with Crippen molar-refractivity contribution in [3.05, 3.63) is 22.9 Å². The number of aromatic nitrogens is 3. The van der Waals surface area contributed by atoms with Gasteiger partial charge in [0.2, 0.25) is 0 Å². The van der Waals surface area contributed by atoms with Gasteiger partial charge in [0.05, 0.1) is 10.7 Å². The molecule has 1 N–H and O–H groups in total. The van der Waals surface area contributed by atoms with Crippen LogP contribution in [0.25, 0.3) is 5.65 Å². The smallest absolute Gasteiger partial charge is 0.171 e. The first-order chi connectivity index (χ1) is 8.35. The molecule has 0 aliphatic heterocycles. The molecule has 98 valence electrons. The fraction of sp³-hybridized carbons (Fsp3) is 0.538. The number of rotatable bonds is 3. The normalized spacial score (nSPS) is 13.8. The molecule has 2 heterocycles. The number of fused-ring (bicyclic) bond motifs is 1. The highest BCUT2D eigenvalue weighted by Gasteiger charge is 2.15. The van der Waals surface area contributed by atoms with Crippen molar-refractivity contribution in [2.75, 3.05) is 5.32 Å². The van der Waals surface area contributed by atoms with E-state index >= 15 is 0 Å². The Kier molecular flexibility index (Phi) is 3.61. The third-order valence-electron chi connectivity index (χ3n) is 2.64. The summed E-state index contributed by atoms with van der Waals surface area (Å²) in [6.45, 7) is 8.92. The van der Waals surface area contributed by atoms with E-state index in [2.05, 4.69) is 59.0 Å². The first-order valence-electron chi connectivity index (χ1n) is 6.11. The van der Waals surface area contributed by atoms with Gasteiger partial charge in [-0.15, -0.1) is 0 Å². The maximum absolute atomic E-state index is 4.55. The summed E-state index contributed by atoms with van der Waals surface area (Å²) in [6, 6.07) is 2.34. The molecule has 0 aliphatic rings. The molecule has 0 aromatic carbocycles. The molecule has 4 nitrogen and oxygen atoms in total. The summed E-state index contributed by atoms with van der Waals surface area (Å²) in [7, 11) is 0. The Morgan fingerprint density at radius 1 is 1.44 bits per heavy atom. The van der Waals surface area contributed by atoms with Crippen LogP contribution >= 0.6 is 15.9 Å². The lowest BCUT2D eigenvalue weighted by molar-refractivity contribution is 0.357. The SMILES string of the molecule is CC(CC(C)(C)C)Nc1ccn2ncc(Br)c2n1. The van der Waals surface area contributed by atoms with Crippen molar-refractivity contribution in [3.8, 4) is 0 Å². The summed E-state index contributed by atoms with van der Waals surface area (Å²) in [5.74, 6) is 0.889. The Hall–Kier alpha value is -1.10. The van der Waals surface area contributed by atoms with Gasteiger partial charge in [-0.3, -0.25) is 0 Å². The fourth-order valence-electron chi connectivity index (χ4n) is 2.14. The Labute approximate surface area is 116 Å². The zero-order chi connectivity index (χ0) is 13.3. The molecule has 0 saturated heterocycles. The highest BCUT2D eigenvalue weighted by molar-refractivity contribution is 9.10. The number of anilines is 1. The van der Waals surface area contributed by atoms with Gasteiger partial charge in [-0.05, 0) is 40.8 Å². The van der Waals surface area contributed by atoms with Crippen LogP contribution in [0.4, 0.5) is 5.82 Å². The summed E-state index contributed by atoms with van der Waals surface area (Å²) in [6.07, 6.45) is 4.77. The molecular formula is C13H19BrN4. The van der Waals surface area contributed by atoms with E-state index in [4.69, 9.17) is 0 Å². The maximum atomic E-state index is 4.55. The van der Waals surface area contributed by atoms with Crippen LogP contribution in [0.3, 0.4) is 0 Å². The van der Waals surface area contributed by atoms with Gasteiger partial charge in [-0.1, -0.05) is 20.8 Å². The molecular weight excluding hydrogens is 292 g/mol. The average Bonchev–Trinajstić information content (AvgIpc) is 2.57. The first kappa shape index (κ1) is 13.3. The number of nitrogens with zero attached hydrogens (tertiary/aromatic N) is 3. The fourth-order valence-corrected chi connectivity index (χ4v) is 2.51. The molecule has 0 amide bonds. The van der Waals surface area contributed by atoms with Crippen LogP contribution in [0.2, 0.25) is 0 Å². The van der Waals surface area contributed by atoms with Crippen LogP contribution in [-0.2, 0) is 0 Å². The average molecular weight is 311 g/mol. The Morgan fingerprint density at radius 3 is 2.83 bits per heavy atom. The first-order valence-corrected chi connectivity index (χ1v) is 6.91. The molecule has 0 fully saturated rings. The van der Waals surface area contributed by atoms with Crippen LogP contribution < -0.4 is 5.32 Å². The Morgan fingerprint density at radius 2 is 2.17 bits per heavy atom. The molecule has 0 spiro atoms. The van der Waals surface area contributed by atoms with E-state index in [1.807, 2.05) is 12.3 Å². The number of nitrogens with one attached hydrogen (secondary N) is 1. The van der Waals surface area contributed by atoms with Crippen molar-refractivity contribution in [1.29, 1.82) is 0 Å². The number of halogens is 1. The van der Waals surface area contributed by atoms with E-state index in [1.165, 1.54) is 0 Å². The van der Waals surface area contributed by atoms with E-state index in [9.17, 15) is 0 Å². The summed E-state index contributed by atoms with van der Waals surface area (Å²) < 4.78 is 2.67. The van der Waals surface area contributed by atoms with Crippen molar-refractivity contribution in [1.82, 2.24) is 14.6 Å². The molecule has 2 rings (SSSR count). The predicted molar refractivity (Wildman–Crippen MR) is 77.8 cm³/mol. The topological polar surface area (TPSA) is 42.2 Å². The molecule has 1 atom stereocenters. The van der Waals surface area contributed by atoms with Gasteiger partial charge in [0.25, 0.3) is 0 Å². The minimum absolute atomic E-state index is 0.313. The van der Waals surface area contributed by atoms with Crippen LogP contribution in [0.5, 0.6) is 0 Å². The van der Waals surface area contributed by atoms with Gasteiger partial charge >= 0.3 is 0 Å². The molecule has 0 bridgehead atoms. The van der Waals surface area contributed by atoms with Crippen LogP contribution in [0.1, 0.15) is 34.1 Å². The molecule has 0 radical (unpaired) electrons.